The van der Waals surface area contributed by atoms with Crippen LogP contribution in [0.4, 0.5) is 8.78 Å². The van der Waals surface area contributed by atoms with Crippen LogP contribution in [-0.2, 0) is 9.47 Å². The SMILES string of the molecule is CCCCCCCCCOC1(OCCCCC)C=CC(c2ccc(-c3ccc(-c4ccccc4)cc3)cc2)=C(F)C1F. The summed E-state index contributed by atoms with van der Waals surface area (Å²) in [4.78, 5) is 0. The summed E-state index contributed by atoms with van der Waals surface area (Å²) in [5.41, 5.74) is 5.27. The van der Waals surface area contributed by atoms with Gasteiger partial charge in [0.25, 0.3) is 0 Å². The van der Waals surface area contributed by atoms with Gasteiger partial charge in [0, 0.05) is 5.57 Å². The van der Waals surface area contributed by atoms with Crippen molar-refractivity contribution in [3.8, 4) is 22.3 Å². The van der Waals surface area contributed by atoms with Crippen LogP contribution in [0.5, 0.6) is 0 Å². The Balaban J connectivity index is 1.42. The van der Waals surface area contributed by atoms with Gasteiger partial charge in [0.15, 0.2) is 0 Å². The van der Waals surface area contributed by atoms with E-state index in [0.29, 0.717) is 18.8 Å². The molecule has 3 aromatic rings. The van der Waals surface area contributed by atoms with Gasteiger partial charge in [-0.3, -0.25) is 0 Å². The molecular weight excluding hydrogens is 526 g/mol. The van der Waals surface area contributed by atoms with Gasteiger partial charge in [-0.1, -0.05) is 150 Å². The van der Waals surface area contributed by atoms with Gasteiger partial charge in [-0.2, -0.15) is 0 Å². The topological polar surface area (TPSA) is 18.5 Å². The van der Waals surface area contributed by atoms with Gasteiger partial charge in [-0.15, -0.1) is 0 Å². The van der Waals surface area contributed by atoms with E-state index in [-0.39, 0.29) is 5.57 Å². The molecule has 224 valence electrons. The molecule has 1 aliphatic carbocycles. The lowest BCUT2D eigenvalue weighted by atomic mass is 9.92. The Morgan fingerprint density at radius 3 is 1.55 bits per heavy atom. The molecule has 0 fully saturated rings. The highest BCUT2D eigenvalue weighted by Gasteiger charge is 2.46. The van der Waals surface area contributed by atoms with E-state index in [1.165, 1.54) is 31.2 Å². The minimum absolute atomic E-state index is 0.237. The first-order valence-electron chi connectivity index (χ1n) is 15.8. The third-order valence-electron chi connectivity index (χ3n) is 7.99. The molecule has 3 aromatic carbocycles. The van der Waals surface area contributed by atoms with E-state index < -0.39 is 17.8 Å². The lowest BCUT2D eigenvalue weighted by molar-refractivity contribution is -0.234. The largest absolute Gasteiger partial charge is 0.344 e. The second-order valence-corrected chi connectivity index (χ2v) is 11.2. The second-order valence-electron chi connectivity index (χ2n) is 11.2. The highest BCUT2D eigenvalue weighted by atomic mass is 19.2. The van der Waals surface area contributed by atoms with Crippen molar-refractivity contribution >= 4 is 5.57 Å². The number of alkyl halides is 1. The van der Waals surface area contributed by atoms with Gasteiger partial charge in [-0.05, 0) is 46.7 Å². The lowest BCUT2D eigenvalue weighted by Gasteiger charge is -2.36. The first-order valence-corrected chi connectivity index (χ1v) is 15.8. The van der Waals surface area contributed by atoms with Gasteiger partial charge >= 0.3 is 0 Å². The fourth-order valence-corrected chi connectivity index (χ4v) is 5.40. The maximum Gasteiger partial charge on any atom is 0.227 e. The van der Waals surface area contributed by atoms with Crippen LogP contribution in [0.1, 0.15) is 83.6 Å². The van der Waals surface area contributed by atoms with Crippen molar-refractivity contribution in [1.82, 2.24) is 0 Å². The normalized spacial score (nSPS) is 18.5. The zero-order valence-corrected chi connectivity index (χ0v) is 25.3. The minimum atomic E-state index is -2.02. The molecule has 0 saturated carbocycles. The lowest BCUT2D eigenvalue weighted by Crippen LogP contribution is -2.46. The monoisotopic (exact) mass is 572 g/mol. The number of unbranched alkanes of at least 4 members (excludes halogenated alkanes) is 8. The molecule has 0 saturated heterocycles. The van der Waals surface area contributed by atoms with Gasteiger partial charge in [-0.25, -0.2) is 8.78 Å². The summed E-state index contributed by atoms with van der Waals surface area (Å²) in [6, 6.07) is 26.2. The molecule has 4 heteroatoms. The maximum absolute atomic E-state index is 15.8. The summed E-state index contributed by atoms with van der Waals surface area (Å²) in [6.45, 7) is 4.98. The predicted octanol–water partition coefficient (Wildman–Crippen LogP) is 11.3. The maximum atomic E-state index is 15.8. The second kappa shape index (κ2) is 16.5. The predicted molar refractivity (Wildman–Crippen MR) is 172 cm³/mol. The van der Waals surface area contributed by atoms with Crippen LogP contribution in [0.2, 0.25) is 0 Å². The minimum Gasteiger partial charge on any atom is -0.344 e. The Morgan fingerprint density at radius 1 is 0.571 bits per heavy atom. The smallest absolute Gasteiger partial charge is 0.227 e. The molecule has 0 heterocycles. The van der Waals surface area contributed by atoms with Crippen molar-refractivity contribution in [2.45, 2.75) is 90.0 Å². The van der Waals surface area contributed by atoms with Crippen molar-refractivity contribution < 1.29 is 18.3 Å². The first kappa shape index (κ1) is 31.8. The zero-order chi connectivity index (χ0) is 29.6. The fourth-order valence-electron chi connectivity index (χ4n) is 5.40. The average molecular weight is 573 g/mol. The molecule has 0 aliphatic heterocycles. The molecule has 0 N–H and O–H groups in total. The van der Waals surface area contributed by atoms with Crippen LogP contribution in [0.15, 0.2) is 96.8 Å². The Labute approximate surface area is 251 Å². The van der Waals surface area contributed by atoms with Crippen molar-refractivity contribution in [3.05, 3.63) is 102 Å². The quantitative estimate of drug-likeness (QED) is 0.118. The molecular formula is C38H46F2O2. The Hall–Kier alpha value is -3.08. The van der Waals surface area contributed by atoms with E-state index in [1.54, 1.807) is 12.2 Å². The van der Waals surface area contributed by atoms with Crippen molar-refractivity contribution in [3.63, 3.8) is 0 Å². The number of benzene rings is 3. The molecule has 2 unspecified atom stereocenters. The van der Waals surface area contributed by atoms with E-state index in [0.717, 1.165) is 55.2 Å². The first-order chi connectivity index (χ1) is 20.6. The van der Waals surface area contributed by atoms with E-state index in [9.17, 15) is 0 Å². The summed E-state index contributed by atoms with van der Waals surface area (Å²) >= 11 is 0. The molecule has 0 radical (unpaired) electrons. The van der Waals surface area contributed by atoms with E-state index in [2.05, 4.69) is 50.2 Å². The van der Waals surface area contributed by atoms with Crippen LogP contribution in [0.3, 0.4) is 0 Å². The van der Waals surface area contributed by atoms with Crippen LogP contribution in [-0.4, -0.2) is 25.2 Å². The summed E-state index contributed by atoms with van der Waals surface area (Å²) < 4.78 is 43.5. The molecule has 0 aromatic heterocycles. The van der Waals surface area contributed by atoms with Crippen molar-refractivity contribution in [2.24, 2.45) is 0 Å². The van der Waals surface area contributed by atoms with Crippen molar-refractivity contribution in [1.29, 1.82) is 0 Å². The summed E-state index contributed by atoms with van der Waals surface area (Å²) in [6.07, 6.45) is 11.9. The number of hydrogen-bond acceptors (Lipinski definition) is 2. The highest BCUT2D eigenvalue weighted by Crippen LogP contribution is 2.39. The standard InChI is InChI=1S/C38H46F2O2/c1-3-5-7-8-9-10-15-29-42-38(41-28-14-6-4-2)27-26-35(36(39)37(38)40)34-24-22-33(23-25-34)32-20-18-31(19-21-32)30-16-12-11-13-17-30/h11-13,16-27,37H,3-10,14-15,28-29H2,1-2H3. The number of allylic oxidation sites excluding steroid dienone is 2. The van der Waals surface area contributed by atoms with Gasteiger partial charge in [0.1, 0.15) is 5.83 Å². The highest BCUT2D eigenvalue weighted by molar-refractivity contribution is 5.79. The Morgan fingerprint density at radius 2 is 1.00 bits per heavy atom. The molecule has 2 atom stereocenters. The molecule has 0 bridgehead atoms. The fraction of sp³-hybridized carbons (Fsp3) is 0.421. The zero-order valence-electron chi connectivity index (χ0n) is 25.3. The molecule has 0 amide bonds. The number of ether oxygens (including phenoxy) is 2. The summed E-state index contributed by atoms with van der Waals surface area (Å²) in [5.74, 6) is -2.56. The van der Waals surface area contributed by atoms with Crippen LogP contribution < -0.4 is 0 Å². The number of halogens is 2. The Kier molecular flexibility index (Phi) is 12.5. The van der Waals surface area contributed by atoms with Gasteiger partial charge < -0.3 is 9.47 Å². The molecule has 2 nitrogen and oxygen atoms in total. The van der Waals surface area contributed by atoms with Crippen molar-refractivity contribution in [2.75, 3.05) is 13.2 Å². The molecule has 0 spiro atoms. The van der Waals surface area contributed by atoms with Crippen LogP contribution >= 0.6 is 0 Å². The number of rotatable bonds is 17. The van der Waals surface area contributed by atoms with Gasteiger partial charge in [0.2, 0.25) is 12.0 Å². The average Bonchev–Trinajstić information content (AvgIpc) is 3.04. The molecule has 4 rings (SSSR count). The van der Waals surface area contributed by atoms with E-state index >= 15 is 8.78 Å². The molecule has 42 heavy (non-hydrogen) atoms. The van der Waals surface area contributed by atoms with Gasteiger partial charge in [0.05, 0.1) is 13.2 Å². The van der Waals surface area contributed by atoms with E-state index in [4.69, 9.17) is 9.47 Å². The number of hydrogen-bond donors (Lipinski definition) is 0. The Bertz CT molecular complexity index is 1260. The van der Waals surface area contributed by atoms with Crippen LogP contribution in [0, 0.1) is 0 Å². The molecule has 1 aliphatic rings. The third-order valence-corrected chi connectivity index (χ3v) is 7.99. The van der Waals surface area contributed by atoms with Crippen LogP contribution in [0.25, 0.3) is 27.8 Å². The third kappa shape index (κ3) is 8.49. The summed E-state index contributed by atoms with van der Waals surface area (Å²) in [5, 5.41) is 0. The summed E-state index contributed by atoms with van der Waals surface area (Å²) in [7, 11) is 0. The van der Waals surface area contributed by atoms with E-state index in [1.807, 2.05) is 42.5 Å².